The van der Waals surface area contributed by atoms with Gasteiger partial charge in [-0.1, -0.05) is 0 Å². The van der Waals surface area contributed by atoms with Crippen LogP contribution in [0.2, 0.25) is 0 Å². The van der Waals surface area contributed by atoms with Crippen molar-refractivity contribution in [3.63, 3.8) is 0 Å². The lowest BCUT2D eigenvalue weighted by Gasteiger charge is -2.37. The first-order valence-corrected chi connectivity index (χ1v) is 4.65. The van der Waals surface area contributed by atoms with Crippen LogP contribution in [0.1, 0.15) is 6.92 Å². The molecule has 0 N–H and O–H groups in total. The van der Waals surface area contributed by atoms with Crippen LogP contribution in [0.15, 0.2) is 0 Å². The molecule has 3 heteroatoms. The van der Waals surface area contributed by atoms with Gasteiger partial charge in [0.15, 0.2) is 0 Å². The van der Waals surface area contributed by atoms with E-state index in [1.807, 2.05) is 0 Å². The first kappa shape index (κ1) is 9.96. The van der Waals surface area contributed by atoms with Gasteiger partial charge in [0, 0.05) is 39.3 Å². The first-order valence-electron chi connectivity index (χ1n) is 4.65. The minimum atomic E-state index is 0.680. The molecule has 72 valence electrons. The summed E-state index contributed by atoms with van der Waals surface area (Å²) in [4.78, 5) is 4.87. The largest absolute Gasteiger partial charge is 0.383 e. The van der Waals surface area contributed by atoms with Crippen LogP contribution in [0, 0.1) is 0 Å². The lowest BCUT2D eigenvalue weighted by molar-refractivity contribution is 0.0700. The Labute approximate surface area is 75.3 Å². The minimum absolute atomic E-state index is 0.680. The van der Waals surface area contributed by atoms with Crippen LogP contribution in [-0.4, -0.2) is 62.8 Å². The fourth-order valence-corrected chi connectivity index (χ4v) is 1.72. The molecule has 0 amide bonds. The Hall–Kier alpha value is -0.120. The van der Waals surface area contributed by atoms with Gasteiger partial charge in [-0.2, -0.15) is 0 Å². The van der Waals surface area contributed by atoms with E-state index in [4.69, 9.17) is 4.74 Å². The summed E-state index contributed by atoms with van der Waals surface area (Å²) in [5.74, 6) is 0. The van der Waals surface area contributed by atoms with Crippen molar-refractivity contribution in [1.29, 1.82) is 0 Å². The summed E-state index contributed by atoms with van der Waals surface area (Å²) in [6.45, 7) is 7.77. The number of hydrogen-bond donors (Lipinski definition) is 0. The van der Waals surface area contributed by atoms with Gasteiger partial charge in [-0.05, 0) is 14.0 Å². The molecular formula is C9H20N2O. The van der Waals surface area contributed by atoms with Crippen LogP contribution in [-0.2, 0) is 4.74 Å². The van der Waals surface area contributed by atoms with Crippen molar-refractivity contribution >= 4 is 0 Å². The van der Waals surface area contributed by atoms with Crippen molar-refractivity contribution in [3.05, 3.63) is 0 Å². The highest BCUT2D eigenvalue weighted by atomic mass is 16.5. The second-order valence-corrected chi connectivity index (χ2v) is 3.64. The molecule has 3 nitrogen and oxygen atoms in total. The molecule has 0 unspecified atom stereocenters. The number of hydrogen-bond acceptors (Lipinski definition) is 3. The van der Waals surface area contributed by atoms with Gasteiger partial charge in [0.25, 0.3) is 0 Å². The van der Waals surface area contributed by atoms with E-state index in [-0.39, 0.29) is 0 Å². The zero-order valence-corrected chi connectivity index (χ0v) is 8.42. The number of methoxy groups -OCH3 is 1. The molecule has 12 heavy (non-hydrogen) atoms. The van der Waals surface area contributed by atoms with Gasteiger partial charge in [0.05, 0.1) is 6.61 Å². The quantitative estimate of drug-likeness (QED) is 0.607. The van der Waals surface area contributed by atoms with Crippen LogP contribution in [0.25, 0.3) is 0 Å². The van der Waals surface area contributed by atoms with Gasteiger partial charge in [0.1, 0.15) is 0 Å². The Bertz CT molecular complexity index is 128. The Kier molecular flexibility index (Phi) is 3.98. The summed E-state index contributed by atoms with van der Waals surface area (Å²) in [5.41, 5.74) is 0. The maximum atomic E-state index is 5.06. The van der Waals surface area contributed by atoms with Crippen molar-refractivity contribution in [2.24, 2.45) is 0 Å². The molecule has 1 aliphatic heterocycles. The minimum Gasteiger partial charge on any atom is -0.383 e. The molecule has 1 rings (SSSR count). The highest BCUT2D eigenvalue weighted by Crippen LogP contribution is 2.06. The molecule has 0 aromatic rings. The van der Waals surface area contributed by atoms with Crippen LogP contribution in [0.3, 0.4) is 0 Å². The number of piperazine rings is 1. The summed E-state index contributed by atoms with van der Waals surface area (Å²) < 4.78 is 5.06. The van der Waals surface area contributed by atoms with Gasteiger partial charge in [-0.3, -0.25) is 4.90 Å². The van der Waals surface area contributed by atoms with Crippen molar-refractivity contribution in [1.82, 2.24) is 9.80 Å². The molecule has 0 spiro atoms. The van der Waals surface area contributed by atoms with E-state index < -0.39 is 0 Å². The molecule has 0 saturated carbocycles. The molecular weight excluding hydrogens is 152 g/mol. The highest BCUT2D eigenvalue weighted by Gasteiger charge is 2.20. The fraction of sp³-hybridized carbons (Fsp3) is 1.00. The maximum Gasteiger partial charge on any atom is 0.0589 e. The predicted molar refractivity (Wildman–Crippen MR) is 50.4 cm³/mol. The topological polar surface area (TPSA) is 15.7 Å². The van der Waals surface area contributed by atoms with E-state index in [2.05, 4.69) is 23.8 Å². The highest BCUT2D eigenvalue weighted by molar-refractivity contribution is 4.76. The number of nitrogens with zero attached hydrogens (tertiary/aromatic N) is 2. The van der Waals surface area contributed by atoms with Crippen LogP contribution < -0.4 is 0 Å². The number of likely N-dealkylation sites (N-methyl/N-ethyl adjacent to an activating group) is 1. The molecule has 0 radical (unpaired) electrons. The zero-order chi connectivity index (χ0) is 8.97. The second kappa shape index (κ2) is 4.80. The van der Waals surface area contributed by atoms with E-state index in [0.29, 0.717) is 6.04 Å². The molecule has 1 heterocycles. The molecule has 1 fully saturated rings. The fourth-order valence-electron chi connectivity index (χ4n) is 1.72. The monoisotopic (exact) mass is 172 g/mol. The normalized spacial score (nSPS) is 27.8. The summed E-state index contributed by atoms with van der Waals surface area (Å²) in [6, 6.07) is 0.680. The Morgan fingerprint density at radius 3 is 2.75 bits per heavy atom. The van der Waals surface area contributed by atoms with Crippen molar-refractivity contribution in [2.75, 3.05) is 46.9 Å². The third-order valence-corrected chi connectivity index (χ3v) is 2.55. The summed E-state index contributed by atoms with van der Waals surface area (Å²) in [7, 11) is 3.95. The Balaban J connectivity index is 2.25. The molecule has 0 aromatic heterocycles. The van der Waals surface area contributed by atoms with E-state index in [1.54, 1.807) is 7.11 Å². The maximum absolute atomic E-state index is 5.06. The summed E-state index contributed by atoms with van der Waals surface area (Å²) in [5, 5.41) is 0. The van der Waals surface area contributed by atoms with E-state index in [9.17, 15) is 0 Å². The van der Waals surface area contributed by atoms with Crippen LogP contribution in [0.4, 0.5) is 0 Å². The Morgan fingerprint density at radius 1 is 1.42 bits per heavy atom. The molecule has 0 aromatic carbocycles. The van der Waals surface area contributed by atoms with Crippen molar-refractivity contribution in [3.8, 4) is 0 Å². The smallest absolute Gasteiger partial charge is 0.0589 e. The van der Waals surface area contributed by atoms with Gasteiger partial charge >= 0.3 is 0 Å². The second-order valence-electron chi connectivity index (χ2n) is 3.64. The summed E-state index contributed by atoms with van der Waals surface area (Å²) in [6.07, 6.45) is 0. The summed E-state index contributed by atoms with van der Waals surface area (Å²) >= 11 is 0. The van der Waals surface area contributed by atoms with Gasteiger partial charge in [-0.25, -0.2) is 0 Å². The van der Waals surface area contributed by atoms with Gasteiger partial charge in [-0.15, -0.1) is 0 Å². The van der Waals surface area contributed by atoms with Crippen LogP contribution >= 0.6 is 0 Å². The lowest BCUT2D eigenvalue weighted by atomic mass is 10.2. The first-order chi connectivity index (χ1) is 5.74. The van der Waals surface area contributed by atoms with Gasteiger partial charge < -0.3 is 9.64 Å². The zero-order valence-electron chi connectivity index (χ0n) is 8.42. The lowest BCUT2D eigenvalue weighted by Crippen LogP contribution is -2.51. The Morgan fingerprint density at radius 2 is 2.17 bits per heavy atom. The predicted octanol–water partition coefficient (Wildman–Crippen LogP) is 0.269. The molecule has 0 bridgehead atoms. The van der Waals surface area contributed by atoms with E-state index in [1.165, 1.54) is 19.6 Å². The van der Waals surface area contributed by atoms with Crippen molar-refractivity contribution in [2.45, 2.75) is 13.0 Å². The number of rotatable bonds is 3. The van der Waals surface area contributed by atoms with Gasteiger partial charge in [0.2, 0.25) is 0 Å². The third kappa shape index (κ3) is 2.73. The molecule has 0 aliphatic carbocycles. The number of ether oxygens (including phenoxy) is 1. The SMILES string of the molecule is COCCN1CCN(C)C[C@@H]1C. The van der Waals surface area contributed by atoms with Crippen LogP contribution in [0.5, 0.6) is 0 Å². The molecule has 1 saturated heterocycles. The average Bonchev–Trinajstić information content (AvgIpc) is 2.03. The molecule has 1 atom stereocenters. The van der Waals surface area contributed by atoms with E-state index >= 15 is 0 Å². The average molecular weight is 172 g/mol. The molecule has 1 aliphatic rings. The third-order valence-electron chi connectivity index (χ3n) is 2.55. The van der Waals surface area contributed by atoms with E-state index in [0.717, 1.165) is 13.2 Å². The standard InChI is InChI=1S/C9H20N2O/c1-9-8-10(2)4-5-11(9)6-7-12-3/h9H,4-8H2,1-3H3/t9-/m0/s1. The van der Waals surface area contributed by atoms with Crippen molar-refractivity contribution < 1.29 is 4.74 Å².